The normalized spacial score (nSPS) is 21.9. The summed E-state index contributed by atoms with van der Waals surface area (Å²) in [5, 5.41) is 20.7. The van der Waals surface area contributed by atoms with Crippen molar-refractivity contribution in [2.75, 3.05) is 6.54 Å². The number of carbonyl (C=O) groups is 1. The van der Waals surface area contributed by atoms with Gasteiger partial charge in [-0.05, 0) is 36.5 Å². The molecule has 1 aromatic carbocycles. The highest BCUT2D eigenvalue weighted by atomic mass is 32.1. The zero-order valence-corrected chi connectivity index (χ0v) is 20.1. The van der Waals surface area contributed by atoms with Crippen molar-refractivity contribution in [3.05, 3.63) is 30.1 Å². The molecule has 174 valence electrons. The molecule has 1 N–H and O–H groups in total. The van der Waals surface area contributed by atoms with Gasteiger partial charge in [-0.3, -0.25) is 9.36 Å². The monoisotopic (exact) mass is 470 g/mol. The van der Waals surface area contributed by atoms with Gasteiger partial charge >= 0.3 is 6.09 Å². The largest absolute Gasteiger partial charge is 0.465 e. The van der Waals surface area contributed by atoms with Gasteiger partial charge in [-0.1, -0.05) is 32.1 Å². The Morgan fingerprint density at radius 1 is 1.24 bits per heavy atom. The number of thiazole rings is 1. The minimum Gasteiger partial charge on any atom is -0.465 e. The summed E-state index contributed by atoms with van der Waals surface area (Å²) >= 11 is 1.48. The zero-order chi connectivity index (χ0) is 23.7. The molecule has 8 nitrogen and oxygen atoms in total. The van der Waals surface area contributed by atoms with E-state index < -0.39 is 29.8 Å². The summed E-state index contributed by atoms with van der Waals surface area (Å²) in [7, 11) is 1.91. The second kappa shape index (κ2) is 7.51. The number of fused-ring (bicyclic) bond motifs is 2. The second-order valence-corrected chi connectivity index (χ2v) is 10.9. The third-order valence-electron chi connectivity index (χ3n) is 6.40. The lowest BCUT2D eigenvalue weighted by Crippen LogP contribution is -2.58. The molecule has 3 atom stereocenters. The molecule has 33 heavy (non-hydrogen) atoms. The van der Waals surface area contributed by atoms with Crippen molar-refractivity contribution >= 4 is 38.7 Å². The van der Waals surface area contributed by atoms with Crippen LogP contribution in [0.4, 0.5) is 9.18 Å². The Labute approximate surface area is 194 Å². The molecule has 1 amide bonds. The minimum absolute atomic E-state index is 0.277. The highest BCUT2D eigenvalue weighted by Crippen LogP contribution is 2.40. The maximum absolute atomic E-state index is 15.7. The first-order chi connectivity index (χ1) is 15.5. The van der Waals surface area contributed by atoms with Gasteiger partial charge in [0.05, 0.1) is 23.8 Å². The Morgan fingerprint density at radius 2 is 2.00 bits per heavy atom. The van der Waals surface area contributed by atoms with Gasteiger partial charge in [-0.2, -0.15) is 10.2 Å². The number of benzene rings is 1. The quantitative estimate of drug-likeness (QED) is 0.444. The summed E-state index contributed by atoms with van der Waals surface area (Å²) in [4.78, 5) is 18.5. The Kier molecular flexibility index (Phi) is 4.97. The van der Waals surface area contributed by atoms with Gasteiger partial charge in [0.2, 0.25) is 0 Å². The molecule has 1 aliphatic heterocycles. The fourth-order valence-electron chi connectivity index (χ4n) is 4.98. The number of likely N-dealkylation sites (tertiary alicyclic amines) is 1. The SMILES string of the molecule is Cc1cc(-c2nc3cn([C@@H]4CCN(C(=O)O)C(C(C)(C)C)[C@H]4F)nc3s2)cc2cn(C)nc12. The molecule has 1 unspecified atom stereocenters. The maximum Gasteiger partial charge on any atom is 0.407 e. The summed E-state index contributed by atoms with van der Waals surface area (Å²) in [6, 6.07) is 2.89. The number of carboxylic acid groups (broad SMARTS) is 1. The number of nitrogens with zero attached hydrogens (tertiary/aromatic N) is 6. The van der Waals surface area contributed by atoms with Crippen LogP contribution in [0.15, 0.2) is 24.5 Å². The Hall–Kier alpha value is -3.01. The number of aromatic nitrogens is 5. The van der Waals surface area contributed by atoms with Crippen LogP contribution >= 0.6 is 11.3 Å². The molecule has 3 aromatic heterocycles. The first-order valence-corrected chi connectivity index (χ1v) is 11.8. The van der Waals surface area contributed by atoms with Crippen molar-refractivity contribution in [3.8, 4) is 10.6 Å². The van der Waals surface area contributed by atoms with Crippen molar-refractivity contribution in [3.63, 3.8) is 0 Å². The van der Waals surface area contributed by atoms with Crippen LogP contribution in [0.2, 0.25) is 0 Å². The van der Waals surface area contributed by atoms with Gasteiger partial charge in [0, 0.05) is 30.7 Å². The van der Waals surface area contributed by atoms with Crippen LogP contribution in [0.3, 0.4) is 0 Å². The number of piperidine rings is 1. The van der Waals surface area contributed by atoms with E-state index in [1.807, 2.05) is 40.9 Å². The standard InChI is InChI=1S/C23H27FN6O2S/c1-12-8-13(9-14-10-28(5)26-18(12)14)20-25-15-11-30(27-21(15)33-20)16-6-7-29(22(31)32)19(17(16)24)23(2,3)4/h8-11,16-17,19H,6-7H2,1-5H3,(H,31,32)/t16-,17+,19?/m1/s1. The van der Waals surface area contributed by atoms with Crippen molar-refractivity contribution in [1.82, 2.24) is 29.4 Å². The molecule has 1 fully saturated rings. The van der Waals surface area contributed by atoms with Gasteiger partial charge in [0.1, 0.15) is 16.7 Å². The molecule has 10 heteroatoms. The molecular weight excluding hydrogens is 443 g/mol. The average molecular weight is 471 g/mol. The number of halogens is 1. The lowest BCUT2D eigenvalue weighted by molar-refractivity contribution is -0.0204. The predicted octanol–water partition coefficient (Wildman–Crippen LogP) is 5.03. The second-order valence-electron chi connectivity index (χ2n) is 9.94. The molecule has 0 aliphatic carbocycles. The number of hydrogen-bond donors (Lipinski definition) is 1. The lowest BCUT2D eigenvalue weighted by Gasteiger charge is -2.46. The van der Waals surface area contributed by atoms with Crippen LogP contribution in [-0.4, -0.2) is 59.4 Å². The smallest absolute Gasteiger partial charge is 0.407 e. The van der Waals surface area contributed by atoms with E-state index in [9.17, 15) is 9.90 Å². The van der Waals surface area contributed by atoms with Crippen molar-refractivity contribution in [2.24, 2.45) is 12.5 Å². The topological polar surface area (TPSA) is 89.1 Å². The molecular formula is C23H27FN6O2S. The van der Waals surface area contributed by atoms with E-state index in [2.05, 4.69) is 22.3 Å². The summed E-state index contributed by atoms with van der Waals surface area (Å²) in [6.45, 7) is 7.94. The van der Waals surface area contributed by atoms with E-state index in [1.54, 1.807) is 15.6 Å². The molecule has 0 spiro atoms. The summed E-state index contributed by atoms with van der Waals surface area (Å²) in [5.74, 6) is 0. The van der Waals surface area contributed by atoms with Crippen molar-refractivity contribution in [1.29, 1.82) is 0 Å². The molecule has 0 radical (unpaired) electrons. The number of hydrogen-bond acceptors (Lipinski definition) is 5. The van der Waals surface area contributed by atoms with E-state index in [0.29, 0.717) is 6.42 Å². The van der Waals surface area contributed by atoms with Gasteiger partial charge in [-0.15, -0.1) is 0 Å². The summed E-state index contributed by atoms with van der Waals surface area (Å²) < 4.78 is 19.1. The van der Waals surface area contributed by atoms with E-state index in [4.69, 9.17) is 4.98 Å². The zero-order valence-electron chi connectivity index (χ0n) is 19.3. The molecule has 0 saturated carbocycles. The van der Waals surface area contributed by atoms with E-state index in [0.717, 1.165) is 37.4 Å². The Morgan fingerprint density at radius 3 is 2.67 bits per heavy atom. The fourth-order valence-corrected chi connectivity index (χ4v) is 5.88. The third kappa shape index (κ3) is 3.66. The fraction of sp³-hybridized carbons (Fsp3) is 0.478. The Balaban J connectivity index is 1.47. The molecule has 4 aromatic rings. The maximum atomic E-state index is 15.7. The van der Waals surface area contributed by atoms with Gasteiger partial charge < -0.3 is 10.0 Å². The predicted molar refractivity (Wildman–Crippen MR) is 126 cm³/mol. The molecule has 5 rings (SSSR count). The van der Waals surface area contributed by atoms with E-state index in [-0.39, 0.29) is 6.54 Å². The van der Waals surface area contributed by atoms with Gasteiger partial charge in [0.25, 0.3) is 0 Å². The number of amides is 1. The van der Waals surface area contributed by atoms with Crippen molar-refractivity contribution in [2.45, 2.75) is 52.4 Å². The Bertz CT molecular complexity index is 1340. The van der Waals surface area contributed by atoms with Crippen LogP contribution < -0.4 is 0 Å². The van der Waals surface area contributed by atoms with Gasteiger partial charge in [-0.25, -0.2) is 14.2 Å². The molecule has 1 saturated heterocycles. The highest BCUT2D eigenvalue weighted by molar-refractivity contribution is 7.21. The minimum atomic E-state index is -1.36. The van der Waals surface area contributed by atoms with Crippen LogP contribution in [0, 0.1) is 12.3 Å². The van der Waals surface area contributed by atoms with E-state index >= 15 is 4.39 Å². The van der Waals surface area contributed by atoms with E-state index in [1.165, 1.54) is 16.2 Å². The van der Waals surface area contributed by atoms with Crippen LogP contribution in [-0.2, 0) is 7.05 Å². The van der Waals surface area contributed by atoms with Crippen LogP contribution in [0.1, 0.15) is 38.8 Å². The van der Waals surface area contributed by atoms with Crippen LogP contribution in [0.25, 0.3) is 31.8 Å². The first-order valence-electron chi connectivity index (χ1n) is 11.0. The first kappa shape index (κ1) is 21.8. The number of alkyl halides is 1. The summed E-state index contributed by atoms with van der Waals surface area (Å²) in [5.41, 5.74) is 3.25. The highest BCUT2D eigenvalue weighted by Gasteiger charge is 2.47. The number of aryl methyl sites for hydroxylation is 2. The third-order valence-corrected chi connectivity index (χ3v) is 7.40. The average Bonchev–Trinajstić information content (AvgIpc) is 3.38. The van der Waals surface area contributed by atoms with Gasteiger partial charge in [0.15, 0.2) is 4.83 Å². The molecule has 4 heterocycles. The number of rotatable bonds is 2. The van der Waals surface area contributed by atoms with Crippen LogP contribution in [0.5, 0.6) is 0 Å². The molecule has 0 bridgehead atoms. The lowest BCUT2D eigenvalue weighted by atomic mass is 9.78. The van der Waals surface area contributed by atoms with Crippen molar-refractivity contribution < 1.29 is 14.3 Å². The summed E-state index contributed by atoms with van der Waals surface area (Å²) in [6.07, 6.45) is 1.71. The molecule has 1 aliphatic rings.